The van der Waals surface area contributed by atoms with Gasteiger partial charge in [0.2, 0.25) is 5.91 Å². The van der Waals surface area contributed by atoms with Gasteiger partial charge in [-0.05, 0) is 31.3 Å². The van der Waals surface area contributed by atoms with E-state index in [1.54, 1.807) is 11.3 Å². The molecule has 1 fully saturated rings. The number of hydrogen-bond donors (Lipinski definition) is 1. The Morgan fingerprint density at radius 2 is 2.35 bits per heavy atom. The van der Waals surface area contributed by atoms with Crippen LogP contribution in [-0.2, 0) is 11.3 Å². The largest absolute Gasteiger partial charge is 0.340 e. The lowest BCUT2D eigenvalue weighted by Gasteiger charge is -2.42. The molecule has 1 saturated carbocycles. The number of amides is 1. The average Bonchev–Trinajstić information content (AvgIpc) is 2.75. The number of carbonyl (C=O) groups is 1. The van der Waals surface area contributed by atoms with Crippen molar-refractivity contribution in [3.63, 3.8) is 0 Å². The Hall–Kier alpha value is -0.870. The number of nitrogens with zero attached hydrogens (tertiary/aromatic N) is 1. The minimum Gasteiger partial charge on any atom is -0.340 e. The quantitative estimate of drug-likeness (QED) is 0.870. The Morgan fingerprint density at radius 3 is 2.82 bits per heavy atom. The first-order valence-corrected chi connectivity index (χ1v) is 6.98. The lowest BCUT2D eigenvalue weighted by molar-refractivity contribution is -0.146. The van der Waals surface area contributed by atoms with E-state index in [1.165, 1.54) is 11.3 Å². The highest BCUT2D eigenvalue weighted by molar-refractivity contribution is 7.09. The summed E-state index contributed by atoms with van der Waals surface area (Å²) in [7, 11) is 3.84. The van der Waals surface area contributed by atoms with Crippen LogP contribution in [0.1, 0.15) is 24.1 Å². The summed E-state index contributed by atoms with van der Waals surface area (Å²) < 4.78 is 0. The summed E-state index contributed by atoms with van der Waals surface area (Å²) in [4.78, 5) is 15.6. The van der Waals surface area contributed by atoms with Gasteiger partial charge in [-0.15, -0.1) is 11.3 Å². The molecule has 1 aromatic heterocycles. The lowest BCUT2D eigenvalue weighted by atomic mass is 9.67. The van der Waals surface area contributed by atoms with E-state index in [-0.39, 0.29) is 5.41 Å². The molecule has 4 heteroatoms. The van der Waals surface area contributed by atoms with Gasteiger partial charge >= 0.3 is 0 Å². The summed E-state index contributed by atoms with van der Waals surface area (Å²) in [6.07, 6.45) is 3.24. The first-order chi connectivity index (χ1) is 8.18. The van der Waals surface area contributed by atoms with Crippen molar-refractivity contribution in [3.05, 3.63) is 22.4 Å². The van der Waals surface area contributed by atoms with Crippen molar-refractivity contribution >= 4 is 17.2 Å². The second kappa shape index (κ2) is 5.19. The van der Waals surface area contributed by atoms with E-state index >= 15 is 0 Å². The van der Waals surface area contributed by atoms with Gasteiger partial charge in [0, 0.05) is 18.5 Å². The standard InChI is InChI=1S/C13H20N2OS/c1-14-10-13(6-4-7-13)12(16)15(2)9-11-5-3-8-17-11/h3,5,8,14H,4,6-7,9-10H2,1-2H3. The first kappa shape index (κ1) is 12.6. The molecule has 1 aliphatic carbocycles. The molecule has 3 nitrogen and oxygen atoms in total. The predicted molar refractivity (Wildman–Crippen MR) is 71.0 cm³/mol. The van der Waals surface area contributed by atoms with Crippen LogP contribution in [-0.4, -0.2) is 31.4 Å². The number of carbonyl (C=O) groups excluding carboxylic acids is 1. The van der Waals surface area contributed by atoms with Gasteiger partial charge in [-0.1, -0.05) is 12.5 Å². The van der Waals surface area contributed by atoms with Crippen LogP contribution in [0.3, 0.4) is 0 Å². The maximum atomic E-state index is 12.5. The molecular formula is C13H20N2OS. The molecule has 0 saturated heterocycles. The van der Waals surface area contributed by atoms with Gasteiger partial charge < -0.3 is 10.2 Å². The molecular weight excluding hydrogens is 232 g/mol. The van der Waals surface area contributed by atoms with Gasteiger partial charge in [0.05, 0.1) is 12.0 Å². The van der Waals surface area contributed by atoms with Crippen LogP contribution in [0.2, 0.25) is 0 Å². The normalized spacial score (nSPS) is 17.5. The first-order valence-electron chi connectivity index (χ1n) is 6.10. The number of nitrogens with one attached hydrogen (secondary N) is 1. The third-order valence-electron chi connectivity index (χ3n) is 3.60. The zero-order valence-corrected chi connectivity index (χ0v) is 11.3. The fraction of sp³-hybridized carbons (Fsp3) is 0.615. The molecule has 0 unspecified atom stereocenters. The van der Waals surface area contributed by atoms with Crippen LogP contribution >= 0.6 is 11.3 Å². The zero-order chi connectivity index (χ0) is 12.3. The average molecular weight is 252 g/mol. The highest BCUT2D eigenvalue weighted by atomic mass is 32.1. The summed E-state index contributed by atoms with van der Waals surface area (Å²) in [5.41, 5.74) is -0.124. The van der Waals surface area contributed by atoms with E-state index in [9.17, 15) is 4.79 Å². The third-order valence-corrected chi connectivity index (χ3v) is 4.46. The van der Waals surface area contributed by atoms with E-state index in [4.69, 9.17) is 0 Å². The molecule has 94 valence electrons. The van der Waals surface area contributed by atoms with Gasteiger partial charge in [-0.2, -0.15) is 0 Å². The van der Waals surface area contributed by atoms with Crippen molar-refractivity contribution in [2.45, 2.75) is 25.8 Å². The van der Waals surface area contributed by atoms with E-state index in [2.05, 4.69) is 16.8 Å². The van der Waals surface area contributed by atoms with E-state index in [1.807, 2.05) is 25.1 Å². The van der Waals surface area contributed by atoms with Crippen molar-refractivity contribution in [2.75, 3.05) is 20.6 Å². The van der Waals surface area contributed by atoms with Crippen molar-refractivity contribution < 1.29 is 4.79 Å². The summed E-state index contributed by atoms with van der Waals surface area (Å²) in [5, 5.41) is 5.22. The molecule has 1 amide bonds. The summed E-state index contributed by atoms with van der Waals surface area (Å²) >= 11 is 1.71. The molecule has 0 bridgehead atoms. The van der Waals surface area contributed by atoms with Crippen LogP contribution in [0.5, 0.6) is 0 Å². The maximum absolute atomic E-state index is 12.5. The molecule has 17 heavy (non-hydrogen) atoms. The Labute approximate surface area is 107 Å². The van der Waals surface area contributed by atoms with Gasteiger partial charge in [0.1, 0.15) is 0 Å². The van der Waals surface area contributed by atoms with Crippen LogP contribution in [0.25, 0.3) is 0 Å². The second-order valence-corrected chi connectivity index (χ2v) is 5.94. The minimum absolute atomic E-state index is 0.124. The van der Waals surface area contributed by atoms with Crippen molar-refractivity contribution in [1.29, 1.82) is 0 Å². The Bertz CT molecular complexity index is 371. The highest BCUT2D eigenvalue weighted by Gasteiger charge is 2.44. The molecule has 0 aromatic carbocycles. The molecule has 2 rings (SSSR count). The Balaban J connectivity index is 1.98. The number of hydrogen-bond acceptors (Lipinski definition) is 3. The van der Waals surface area contributed by atoms with Crippen LogP contribution < -0.4 is 5.32 Å². The molecule has 0 aliphatic heterocycles. The van der Waals surface area contributed by atoms with Crippen LogP contribution in [0.4, 0.5) is 0 Å². The van der Waals surface area contributed by atoms with Crippen LogP contribution in [0.15, 0.2) is 17.5 Å². The fourth-order valence-corrected chi connectivity index (χ4v) is 3.28. The van der Waals surface area contributed by atoms with Crippen LogP contribution in [0, 0.1) is 5.41 Å². The lowest BCUT2D eigenvalue weighted by Crippen LogP contribution is -2.51. The molecule has 1 aliphatic rings. The van der Waals surface area contributed by atoms with Gasteiger partial charge in [-0.3, -0.25) is 4.79 Å². The molecule has 1 aromatic rings. The topological polar surface area (TPSA) is 32.3 Å². The Kier molecular flexibility index (Phi) is 3.84. The molecule has 0 atom stereocenters. The highest BCUT2D eigenvalue weighted by Crippen LogP contribution is 2.42. The molecule has 1 N–H and O–H groups in total. The SMILES string of the molecule is CNCC1(C(=O)N(C)Cc2cccs2)CCC1. The fourth-order valence-electron chi connectivity index (χ4n) is 2.52. The van der Waals surface area contributed by atoms with Gasteiger partial charge in [0.15, 0.2) is 0 Å². The molecule has 1 heterocycles. The smallest absolute Gasteiger partial charge is 0.230 e. The number of thiophene rings is 1. The monoisotopic (exact) mass is 252 g/mol. The maximum Gasteiger partial charge on any atom is 0.230 e. The molecule has 0 radical (unpaired) electrons. The zero-order valence-electron chi connectivity index (χ0n) is 10.5. The van der Waals surface area contributed by atoms with Gasteiger partial charge in [-0.25, -0.2) is 0 Å². The second-order valence-electron chi connectivity index (χ2n) is 4.90. The van der Waals surface area contributed by atoms with Gasteiger partial charge in [0.25, 0.3) is 0 Å². The van der Waals surface area contributed by atoms with Crippen molar-refractivity contribution in [1.82, 2.24) is 10.2 Å². The van der Waals surface area contributed by atoms with Crippen molar-refractivity contribution in [3.8, 4) is 0 Å². The minimum atomic E-state index is -0.124. The van der Waals surface area contributed by atoms with E-state index in [0.717, 1.165) is 25.9 Å². The van der Waals surface area contributed by atoms with E-state index < -0.39 is 0 Å². The van der Waals surface area contributed by atoms with Crippen molar-refractivity contribution in [2.24, 2.45) is 5.41 Å². The van der Waals surface area contributed by atoms with E-state index in [0.29, 0.717) is 5.91 Å². The summed E-state index contributed by atoms with van der Waals surface area (Å²) in [6, 6.07) is 4.12. The third kappa shape index (κ3) is 2.53. The number of rotatable bonds is 5. The summed E-state index contributed by atoms with van der Waals surface area (Å²) in [5.74, 6) is 0.298. The Morgan fingerprint density at radius 1 is 1.59 bits per heavy atom. The summed E-state index contributed by atoms with van der Waals surface area (Å²) in [6.45, 7) is 1.54. The molecule has 0 spiro atoms. The predicted octanol–water partition coefficient (Wildman–Crippen LogP) is 2.10.